The van der Waals surface area contributed by atoms with Gasteiger partial charge < -0.3 is 15.2 Å². The van der Waals surface area contributed by atoms with Crippen molar-refractivity contribution in [3.05, 3.63) is 28.3 Å². The van der Waals surface area contributed by atoms with Crippen molar-refractivity contribution in [1.82, 2.24) is 10.2 Å². The molecule has 1 unspecified atom stereocenters. The van der Waals surface area contributed by atoms with Gasteiger partial charge in [0, 0.05) is 32.7 Å². The van der Waals surface area contributed by atoms with E-state index in [9.17, 15) is 5.11 Å². The second-order valence-corrected chi connectivity index (χ2v) is 5.63. The largest absolute Gasteiger partial charge is 0.496 e. The van der Waals surface area contributed by atoms with Gasteiger partial charge in [-0.25, -0.2) is 0 Å². The van der Waals surface area contributed by atoms with Crippen LogP contribution in [-0.2, 0) is 0 Å². The van der Waals surface area contributed by atoms with Crippen LogP contribution < -0.4 is 10.1 Å². The van der Waals surface area contributed by atoms with Crippen LogP contribution in [0, 0.1) is 20.8 Å². The van der Waals surface area contributed by atoms with E-state index in [4.69, 9.17) is 4.74 Å². The number of methoxy groups -OCH3 is 1. The zero-order valence-corrected chi connectivity index (χ0v) is 13.0. The van der Waals surface area contributed by atoms with E-state index in [0.29, 0.717) is 6.54 Å². The van der Waals surface area contributed by atoms with Crippen LogP contribution in [0.15, 0.2) is 6.07 Å². The van der Waals surface area contributed by atoms with Crippen LogP contribution in [0.4, 0.5) is 0 Å². The summed E-state index contributed by atoms with van der Waals surface area (Å²) in [5.74, 6) is 0.901. The normalized spacial score (nSPS) is 18.1. The van der Waals surface area contributed by atoms with Gasteiger partial charge in [-0.2, -0.15) is 0 Å². The van der Waals surface area contributed by atoms with Gasteiger partial charge in [0.25, 0.3) is 0 Å². The van der Waals surface area contributed by atoms with Gasteiger partial charge >= 0.3 is 0 Å². The summed E-state index contributed by atoms with van der Waals surface area (Å²) in [6.45, 7) is 10.9. The van der Waals surface area contributed by atoms with Crippen LogP contribution in [0.3, 0.4) is 0 Å². The molecule has 0 aromatic heterocycles. The average molecular weight is 278 g/mol. The van der Waals surface area contributed by atoms with Crippen LogP contribution in [-0.4, -0.2) is 49.8 Å². The highest BCUT2D eigenvalue weighted by molar-refractivity contribution is 5.49. The molecule has 0 amide bonds. The number of nitrogens with one attached hydrogen (secondary N) is 1. The highest BCUT2D eigenvalue weighted by atomic mass is 16.5. The van der Waals surface area contributed by atoms with E-state index in [1.54, 1.807) is 7.11 Å². The molecule has 1 aromatic carbocycles. The molecule has 1 heterocycles. The fraction of sp³-hybridized carbons (Fsp3) is 0.625. The van der Waals surface area contributed by atoms with Crippen molar-refractivity contribution >= 4 is 0 Å². The second-order valence-electron chi connectivity index (χ2n) is 5.63. The number of aryl methyl sites for hydroxylation is 1. The van der Waals surface area contributed by atoms with E-state index in [0.717, 1.165) is 54.2 Å². The predicted molar refractivity (Wildman–Crippen MR) is 81.5 cm³/mol. The first-order valence-electron chi connectivity index (χ1n) is 7.30. The molecular weight excluding hydrogens is 252 g/mol. The van der Waals surface area contributed by atoms with Crippen molar-refractivity contribution < 1.29 is 9.84 Å². The molecule has 0 saturated carbocycles. The van der Waals surface area contributed by atoms with Gasteiger partial charge in [-0.3, -0.25) is 4.90 Å². The van der Waals surface area contributed by atoms with Crippen molar-refractivity contribution in [2.24, 2.45) is 0 Å². The second kappa shape index (κ2) is 6.57. The number of piperazine rings is 1. The van der Waals surface area contributed by atoms with Crippen LogP contribution in [0.1, 0.15) is 28.4 Å². The molecule has 1 fully saturated rings. The average Bonchev–Trinajstić information content (AvgIpc) is 2.44. The number of aliphatic hydroxyl groups is 1. The minimum Gasteiger partial charge on any atom is -0.496 e. The fourth-order valence-electron chi connectivity index (χ4n) is 3.02. The summed E-state index contributed by atoms with van der Waals surface area (Å²) in [5.41, 5.74) is 4.42. The maximum absolute atomic E-state index is 10.6. The Balaban J connectivity index is 2.20. The number of rotatable bonds is 4. The molecule has 2 rings (SSSR count). The molecular formula is C16H26N2O2. The highest BCUT2D eigenvalue weighted by Crippen LogP contribution is 2.31. The summed E-state index contributed by atoms with van der Waals surface area (Å²) < 4.78 is 5.39. The summed E-state index contributed by atoms with van der Waals surface area (Å²) >= 11 is 0. The number of β-amino-alcohol motifs (C(OH)–C–C–N with tert-alkyl or cyclic N) is 1. The van der Waals surface area contributed by atoms with Crippen molar-refractivity contribution in [2.45, 2.75) is 26.9 Å². The molecule has 0 spiro atoms. The standard InChI is InChI=1S/C16H26N2O2/c1-11-9-15(20-4)12(2)13(3)16(11)14(19)10-18-7-5-17-6-8-18/h9,14,17,19H,5-8,10H2,1-4H3. The molecule has 1 aliphatic rings. The number of hydrogen-bond acceptors (Lipinski definition) is 4. The summed E-state index contributed by atoms with van der Waals surface area (Å²) in [7, 11) is 1.69. The summed E-state index contributed by atoms with van der Waals surface area (Å²) in [5, 5.41) is 14.0. The Bertz CT molecular complexity index is 468. The topological polar surface area (TPSA) is 44.7 Å². The summed E-state index contributed by atoms with van der Waals surface area (Å²) in [6, 6.07) is 2.03. The van der Waals surface area contributed by atoms with Gasteiger partial charge in [0.2, 0.25) is 0 Å². The zero-order valence-electron chi connectivity index (χ0n) is 13.0. The molecule has 4 heteroatoms. The molecule has 2 N–H and O–H groups in total. The molecule has 1 aromatic rings. The Morgan fingerprint density at radius 1 is 1.25 bits per heavy atom. The van der Waals surface area contributed by atoms with Crippen LogP contribution in [0.2, 0.25) is 0 Å². The number of aliphatic hydroxyl groups excluding tert-OH is 1. The molecule has 1 atom stereocenters. The van der Waals surface area contributed by atoms with E-state index < -0.39 is 6.10 Å². The first-order chi connectivity index (χ1) is 9.54. The first kappa shape index (κ1) is 15.3. The number of nitrogens with zero attached hydrogens (tertiary/aromatic N) is 1. The Labute approximate surface area is 121 Å². The van der Waals surface area contributed by atoms with E-state index in [-0.39, 0.29) is 0 Å². The fourth-order valence-corrected chi connectivity index (χ4v) is 3.02. The minimum absolute atomic E-state index is 0.433. The van der Waals surface area contributed by atoms with Gasteiger partial charge in [-0.1, -0.05) is 0 Å². The molecule has 1 aliphatic heterocycles. The Hall–Kier alpha value is -1.10. The molecule has 0 aliphatic carbocycles. The number of hydrogen-bond donors (Lipinski definition) is 2. The van der Waals surface area contributed by atoms with Gasteiger partial charge in [-0.05, 0) is 49.1 Å². The quantitative estimate of drug-likeness (QED) is 0.877. The van der Waals surface area contributed by atoms with Gasteiger partial charge in [0.05, 0.1) is 13.2 Å². The lowest BCUT2D eigenvalue weighted by Crippen LogP contribution is -2.45. The van der Waals surface area contributed by atoms with E-state index >= 15 is 0 Å². The van der Waals surface area contributed by atoms with Crippen molar-refractivity contribution in [3.8, 4) is 5.75 Å². The van der Waals surface area contributed by atoms with E-state index in [1.165, 1.54) is 0 Å². The van der Waals surface area contributed by atoms with Gasteiger partial charge in [0.15, 0.2) is 0 Å². The van der Waals surface area contributed by atoms with E-state index in [2.05, 4.69) is 24.1 Å². The third-order valence-corrected chi connectivity index (χ3v) is 4.30. The lowest BCUT2D eigenvalue weighted by molar-refractivity contribution is 0.104. The lowest BCUT2D eigenvalue weighted by atomic mass is 9.93. The summed E-state index contributed by atoms with van der Waals surface area (Å²) in [4.78, 5) is 2.32. The minimum atomic E-state index is -0.433. The van der Waals surface area contributed by atoms with Crippen molar-refractivity contribution in [3.63, 3.8) is 0 Å². The molecule has 1 saturated heterocycles. The zero-order chi connectivity index (χ0) is 14.7. The molecule has 112 valence electrons. The smallest absolute Gasteiger partial charge is 0.122 e. The van der Waals surface area contributed by atoms with Crippen LogP contribution in [0.5, 0.6) is 5.75 Å². The van der Waals surface area contributed by atoms with Crippen LogP contribution >= 0.6 is 0 Å². The third kappa shape index (κ3) is 3.14. The summed E-state index contributed by atoms with van der Waals surface area (Å²) in [6.07, 6.45) is -0.433. The molecule has 20 heavy (non-hydrogen) atoms. The third-order valence-electron chi connectivity index (χ3n) is 4.30. The van der Waals surface area contributed by atoms with Crippen molar-refractivity contribution in [2.75, 3.05) is 39.8 Å². The van der Waals surface area contributed by atoms with Gasteiger partial charge in [0.1, 0.15) is 5.75 Å². The molecule has 0 radical (unpaired) electrons. The highest BCUT2D eigenvalue weighted by Gasteiger charge is 2.20. The number of ether oxygens (including phenoxy) is 1. The Morgan fingerprint density at radius 3 is 2.50 bits per heavy atom. The molecule has 4 nitrogen and oxygen atoms in total. The van der Waals surface area contributed by atoms with Crippen molar-refractivity contribution in [1.29, 1.82) is 0 Å². The van der Waals surface area contributed by atoms with Crippen LogP contribution in [0.25, 0.3) is 0 Å². The Kier molecular flexibility index (Phi) is 5.02. The lowest BCUT2D eigenvalue weighted by Gasteiger charge is -2.30. The first-order valence-corrected chi connectivity index (χ1v) is 7.30. The van der Waals surface area contributed by atoms with Gasteiger partial charge in [-0.15, -0.1) is 0 Å². The maximum Gasteiger partial charge on any atom is 0.122 e. The molecule has 0 bridgehead atoms. The number of benzene rings is 1. The van der Waals surface area contributed by atoms with E-state index in [1.807, 2.05) is 13.0 Å². The Morgan fingerprint density at radius 2 is 1.90 bits per heavy atom. The predicted octanol–water partition coefficient (Wildman–Crippen LogP) is 1.56. The maximum atomic E-state index is 10.6. The SMILES string of the molecule is COc1cc(C)c(C(O)CN2CCNCC2)c(C)c1C. The monoisotopic (exact) mass is 278 g/mol.